The quantitative estimate of drug-likeness (QED) is 0.732. The molecule has 0 aliphatic carbocycles. The molecule has 2 atom stereocenters. The molecule has 1 saturated heterocycles. The van der Waals surface area contributed by atoms with Crippen LogP contribution in [0.15, 0.2) is 41.2 Å². The number of carbonyl (C=O) groups is 2. The number of benzene rings is 1. The second-order valence-electron chi connectivity index (χ2n) is 8.15. The summed E-state index contributed by atoms with van der Waals surface area (Å²) in [4.78, 5) is 38.0. The number of pyridine rings is 1. The Labute approximate surface area is 186 Å². The van der Waals surface area contributed by atoms with E-state index in [1.165, 1.54) is 12.1 Å². The van der Waals surface area contributed by atoms with Gasteiger partial charge >= 0.3 is 12.1 Å². The van der Waals surface area contributed by atoms with Crippen LogP contribution in [0.2, 0.25) is 0 Å². The molecule has 0 saturated carbocycles. The number of carboxylic acid groups (broad SMARTS) is 1. The summed E-state index contributed by atoms with van der Waals surface area (Å²) < 4.78 is 40.9. The zero-order valence-corrected chi connectivity index (χ0v) is 17.8. The second kappa shape index (κ2) is 8.65. The minimum atomic E-state index is -4.49. The maximum Gasteiger partial charge on any atom is 0.416 e. The highest BCUT2D eigenvalue weighted by Gasteiger charge is 2.37. The van der Waals surface area contributed by atoms with Gasteiger partial charge in [-0.3, -0.25) is 14.4 Å². The van der Waals surface area contributed by atoms with Gasteiger partial charge in [0, 0.05) is 36.8 Å². The van der Waals surface area contributed by atoms with E-state index < -0.39 is 17.7 Å². The van der Waals surface area contributed by atoms with Crippen LogP contribution in [-0.2, 0) is 22.3 Å². The van der Waals surface area contributed by atoms with E-state index >= 15 is 0 Å². The summed E-state index contributed by atoms with van der Waals surface area (Å²) in [6.07, 6.45) is -3.66. The topological polar surface area (TPSA) is 79.6 Å². The summed E-state index contributed by atoms with van der Waals surface area (Å²) in [6, 6.07) is 8.09. The molecule has 2 bridgehead atoms. The van der Waals surface area contributed by atoms with Gasteiger partial charge in [-0.2, -0.15) is 13.2 Å². The van der Waals surface area contributed by atoms with Crippen molar-refractivity contribution >= 4 is 23.6 Å². The molecule has 32 heavy (non-hydrogen) atoms. The fourth-order valence-corrected chi connectivity index (χ4v) is 5.18. The molecule has 4 rings (SSSR count). The van der Waals surface area contributed by atoms with Crippen molar-refractivity contribution in [3.63, 3.8) is 0 Å². The molecule has 170 valence electrons. The van der Waals surface area contributed by atoms with Gasteiger partial charge in [0.05, 0.1) is 17.1 Å². The van der Waals surface area contributed by atoms with Crippen molar-refractivity contribution < 1.29 is 27.9 Å². The molecule has 3 heterocycles. The van der Waals surface area contributed by atoms with E-state index in [1.54, 1.807) is 21.6 Å². The molecular formula is C22H21F3N2O4S. The third kappa shape index (κ3) is 4.55. The Balaban J connectivity index is 1.57. The van der Waals surface area contributed by atoms with E-state index in [0.717, 1.165) is 36.0 Å². The lowest BCUT2D eigenvalue weighted by Crippen LogP contribution is -2.49. The molecule has 2 aromatic rings. The number of nitrogens with zero attached hydrogens (tertiary/aromatic N) is 2. The molecule has 1 aromatic heterocycles. The largest absolute Gasteiger partial charge is 0.481 e. The van der Waals surface area contributed by atoms with E-state index in [2.05, 4.69) is 0 Å². The molecule has 0 radical (unpaired) electrons. The van der Waals surface area contributed by atoms with Crippen LogP contribution >= 0.6 is 11.8 Å². The van der Waals surface area contributed by atoms with Crippen LogP contribution in [0.3, 0.4) is 0 Å². The Morgan fingerprint density at radius 1 is 1.09 bits per heavy atom. The number of aromatic nitrogens is 1. The molecule has 6 nitrogen and oxygen atoms in total. The van der Waals surface area contributed by atoms with Crippen molar-refractivity contribution in [3.8, 4) is 11.1 Å². The van der Waals surface area contributed by atoms with Crippen molar-refractivity contribution in [2.75, 3.05) is 24.6 Å². The van der Waals surface area contributed by atoms with Crippen molar-refractivity contribution in [1.82, 2.24) is 9.47 Å². The summed E-state index contributed by atoms with van der Waals surface area (Å²) in [5.41, 5.74) is 0.0934. The van der Waals surface area contributed by atoms with E-state index in [-0.39, 0.29) is 45.9 Å². The van der Waals surface area contributed by atoms with Crippen LogP contribution in [0.4, 0.5) is 13.2 Å². The van der Waals surface area contributed by atoms with Crippen LogP contribution in [0, 0.1) is 5.92 Å². The normalized spacial score (nSPS) is 20.0. The van der Waals surface area contributed by atoms with Gasteiger partial charge in [-0.1, -0.05) is 12.1 Å². The number of rotatable bonds is 5. The van der Waals surface area contributed by atoms with Gasteiger partial charge < -0.3 is 14.6 Å². The lowest BCUT2D eigenvalue weighted by molar-refractivity contribution is -0.137. The lowest BCUT2D eigenvalue weighted by Gasteiger charge is -2.43. The molecular weight excluding hydrogens is 445 g/mol. The number of alkyl halides is 3. The highest BCUT2D eigenvalue weighted by atomic mass is 32.2. The Morgan fingerprint density at radius 2 is 1.88 bits per heavy atom. The van der Waals surface area contributed by atoms with Gasteiger partial charge in [-0.05, 0) is 42.2 Å². The number of hydrogen-bond acceptors (Lipinski definition) is 4. The summed E-state index contributed by atoms with van der Waals surface area (Å²) in [5.74, 6) is -1.12. The number of aliphatic carboxylic acids is 1. The van der Waals surface area contributed by atoms with E-state index in [0.29, 0.717) is 19.6 Å². The molecule has 1 amide bonds. The monoisotopic (exact) mass is 466 g/mol. The minimum absolute atomic E-state index is 0.0424. The Morgan fingerprint density at radius 3 is 2.59 bits per heavy atom. The SMILES string of the molecule is O=C(O)CSCC(=O)N1C[C@H]2C[C@H](C1)c1ccc(-c3cccc(C(F)(F)F)c3)c(=O)n1C2. The number of amides is 1. The average Bonchev–Trinajstić information content (AvgIpc) is 2.73. The van der Waals surface area contributed by atoms with E-state index in [9.17, 15) is 27.6 Å². The molecule has 2 aliphatic heterocycles. The number of halogens is 3. The predicted octanol–water partition coefficient (Wildman–Crippen LogP) is 3.30. The average molecular weight is 466 g/mol. The first-order chi connectivity index (χ1) is 15.1. The smallest absolute Gasteiger partial charge is 0.416 e. The van der Waals surface area contributed by atoms with Crippen molar-refractivity contribution in [2.24, 2.45) is 5.92 Å². The number of carbonyl (C=O) groups excluding carboxylic acids is 1. The Kier molecular flexibility index (Phi) is 6.07. The van der Waals surface area contributed by atoms with Gasteiger partial charge in [0.1, 0.15) is 0 Å². The number of piperidine rings is 1. The zero-order chi connectivity index (χ0) is 23.0. The summed E-state index contributed by atoms with van der Waals surface area (Å²) in [5, 5.41) is 8.73. The molecule has 10 heteroatoms. The van der Waals surface area contributed by atoms with Gasteiger partial charge in [0.2, 0.25) is 5.91 Å². The highest BCUT2D eigenvalue weighted by molar-refractivity contribution is 8.00. The maximum atomic E-state index is 13.2. The number of likely N-dealkylation sites (tertiary alicyclic amines) is 1. The number of carboxylic acids is 1. The van der Waals surface area contributed by atoms with Crippen molar-refractivity contribution in [2.45, 2.75) is 25.1 Å². The van der Waals surface area contributed by atoms with Gasteiger partial charge in [-0.25, -0.2) is 0 Å². The fourth-order valence-electron chi connectivity index (χ4n) is 4.55. The van der Waals surface area contributed by atoms with Crippen LogP contribution in [-0.4, -0.2) is 51.0 Å². The molecule has 0 spiro atoms. The highest BCUT2D eigenvalue weighted by Crippen LogP contribution is 2.36. The Bertz CT molecular complexity index is 1120. The van der Waals surface area contributed by atoms with Crippen LogP contribution in [0.1, 0.15) is 23.6 Å². The zero-order valence-electron chi connectivity index (χ0n) is 17.0. The first-order valence-electron chi connectivity index (χ1n) is 10.1. The standard InChI is InChI=1S/C22H21F3N2O4S/c23-22(24,25)16-3-1-2-14(7-16)17-4-5-18-15-6-13(9-27(18)21(17)31)8-26(10-15)19(28)11-32-12-20(29)30/h1-5,7,13,15H,6,8-12H2,(H,29,30)/t13-,15-/m1/s1. The third-order valence-corrected chi connectivity index (χ3v) is 6.81. The Hall–Kier alpha value is -2.75. The second-order valence-corrected chi connectivity index (χ2v) is 9.14. The van der Waals surface area contributed by atoms with Crippen molar-refractivity contribution in [3.05, 3.63) is 58.0 Å². The molecule has 1 fully saturated rings. The third-order valence-electron chi connectivity index (χ3n) is 5.91. The van der Waals surface area contributed by atoms with Gasteiger partial charge in [0.15, 0.2) is 0 Å². The fraction of sp³-hybridized carbons (Fsp3) is 0.409. The number of hydrogen-bond donors (Lipinski definition) is 1. The van der Waals surface area contributed by atoms with Crippen molar-refractivity contribution in [1.29, 1.82) is 0 Å². The summed E-state index contributed by atoms with van der Waals surface area (Å²) in [7, 11) is 0. The maximum absolute atomic E-state index is 13.2. The predicted molar refractivity (Wildman–Crippen MR) is 114 cm³/mol. The van der Waals surface area contributed by atoms with Crippen LogP contribution in [0.25, 0.3) is 11.1 Å². The summed E-state index contributed by atoms with van der Waals surface area (Å²) >= 11 is 1.06. The molecule has 2 aliphatic rings. The molecule has 1 N–H and O–H groups in total. The first kappa shape index (κ1) is 22.4. The first-order valence-corrected chi connectivity index (χ1v) is 11.3. The minimum Gasteiger partial charge on any atom is -0.481 e. The van der Waals surface area contributed by atoms with Gasteiger partial charge in [-0.15, -0.1) is 11.8 Å². The van der Waals surface area contributed by atoms with Gasteiger partial charge in [0.25, 0.3) is 5.56 Å². The van der Waals surface area contributed by atoms with Crippen LogP contribution < -0.4 is 5.56 Å². The van der Waals surface area contributed by atoms with E-state index in [1.807, 2.05) is 0 Å². The lowest BCUT2D eigenvalue weighted by atomic mass is 9.82. The van der Waals surface area contributed by atoms with E-state index in [4.69, 9.17) is 5.11 Å². The van der Waals surface area contributed by atoms with Crippen LogP contribution in [0.5, 0.6) is 0 Å². The number of thioether (sulfide) groups is 1. The number of fused-ring (bicyclic) bond motifs is 4. The summed E-state index contributed by atoms with van der Waals surface area (Å²) in [6.45, 7) is 1.30. The molecule has 0 unspecified atom stereocenters. The molecule has 1 aromatic carbocycles.